The van der Waals surface area contributed by atoms with Gasteiger partial charge in [0.25, 0.3) is 11.8 Å². The van der Waals surface area contributed by atoms with Crippen molar-refractivity contribution >= 4 is 33.8 Å². The zero-order chi connectivity index (χ0) is 31.9. The number of amides is 2. The Balaban J connectivity index is 1.21. The average Bonchev–Trinajstić information content (AvgIpc) is 3.99. The number of methoxy groups -OCH3 is 1. The van der Waals surface area contributed by atoms with Crippen molar-refractivity contribution in [1.82, 2.24) is 24.3 Å². The molecule has 0 radical (unpaired) electrons. The van der Waals surface area contributed by atoms with Crippen molar-refractivity contribution in [3.05, 3.63) is 47.5 Å². The van der Waals surface area contributed by atoms with Crippen molar-refractivity contribution in [2.75, 3.05) is 20.2 Å². The van der Waals surface area contributed by atoms with Crippen LogP contribution in [-0.4, -0.2) is 63.0 Å². The van der Waals surface area contributed by atoms with Crippen molar-refractivity contribution in [1.29, 1.82) is 0 Å². The number of nitrogens with zero attached hydrogens (tertiary/aromatic N) is 4. The number of piperidine rings is 1. The minimum Gasteiger partial charge on any atom is -0.494 e. The van der Waals surface area contributed by atoms with Crippen LogP contribution in [0.2, 0.25) is 0 Å². The first-order valence-corrected chi connectivity index (χ1v) is 16.6. The maximum absolute atomic E-state index is 13.6. The lowest BCUT2D eigenvalue weighted by atomic mass is 10.0. The van der Waals surface area contributed by atoms with Crippen LogP contribution >= 0.6 is 0 Å². The summed E-state index contributed by atoms with van der Waals surface area (Å²) >= 11 is 0. The van der Waals surface area contributed by atoms with E-state index in [1.165, 1.54) is 12.8 Å². The molecule has 2 aromatic carbocycles. The molecule has 3 saturated carbocycles. The standard InChI is InChI=1S/C35H40F2N6O3/c1-19(39-33(44)26-16-35(26,36)37)21-7-8-22-14-29(42(28(22)13-21)17-20-5-6-20)32-40-27-12-23(34(45)41-11-3-4-24(38)18-41)15-30(46-2)31(27)43(32)25-9-10-25/h7-8,12-15,19-20,24-26H,3-6,9-11,16-18,38H2,1-2H3,(H,39,44)/t19-,24-,26?/m1/s1. The Hall–Kier alpha value is -3.99. The van der Waals surface area contributed by atoms with Gasteiger partial charge in [-0.3, -0.25) is 9.59 Å². The number of imidazole rings is 1. The first kappa shape index (κ1) is 29.4. The summed E-state index contributed by atoms with van der Waals surface area (Å²) < 4.78 is 37.6. The van der Waals surface area contributed by atoms with Gasteiger partial charge in [-0.25, -0.2) is 13.8 Å². The molecule has 9 nitrogen and oxygen atoms in total. The molecule has 2 amide bonds. The second kappa shape index (κ2) is 10.8. The van der Waals surface area contributed by atoms with Crippen LogP contribution in [0, 0.1) is 11.8 Å². The second-order valence-corrected chi connectivity index (χ2v) is 13.9. The van der Waals surface area contributed by atoms with E-state index in [1.54, 1.807) is 7.11 Å². The number of rotatable bonds is 9. The zero-order valence-corrected chi connectivity index (χ0v) is 26.3. The van der Waals surface area contributed by atoms with E-state index >= 15 is 0 Å². The first-order valence-electron chi connectivity index (χ1n) is 16.6. The molecule has 46 heavy (non-hydrogen) atoms. The van der Waals surface area contributed by atoms with Crippen LogP contribution in [0.3, 0.4) is 0 Å². The third-order valence-corrected chi connectivity index (χ3v) is 10.2. The van der Waals surface area contributed by atoms with E-state index in [0.717, 1.165) is 71.2 Å². The summed E-state index contributed by atoms with van der Waals surface area (Å²) in [6.07, 6.45) is 5.84. The SMILES string of the molecule is COc1cc(C(=O)N2CCC[C@@H](N)C2)cc2nc(-c3cc4ccc([C@@H](C)NC(=O)C5CC5(F)F)cc4n3CC3CC3)n(C3CC3)c12. The second-order valence-electron chi connectivity index (χ2n) is 13.9. The summed E-state index contributed by atoms with van der Waals surface area (Å²) in [4.78, 5) is 33.1. The quantitative estimate of drug-likeness (QED) is 0.243. The predicted molar refractivity (Wildman–Crippen MR) is 171 cm³/mol. The molecule has 4 aliphatic rings. The number of carbonyl (C=O) groups excluding carboxylic acids is 2. The number of alkyl halides is 2. The van der Waals surface area contributed by atoms with Crippen molar-refractivity contribution in [2.24, 2.45) is 17.6 Å². The van der Waals surface area contributed by atoms with Crippen LogP contribution < -0.4 is 15.8 Å². The monoisotopic (exact) mass is 630 g/mol. The maximum atomic E-state index is 13.6. The number of hydrogen-bond acceptors (Lipinski definition) is 5. The first-order chi connectivity index (χ1) is 22.1. The molecular weight excluding hydrogens is 590 g/mol. The summed E-state index contributed by atoms with van der Waals surface area (Å²) in [5, 5.41) is 3.84. The predicted octanol–water partition coefficient (Wildman–Crippen LogP) is 5.81. The van der Waals surface area contributed by atoms with Crippen LogP contribution in [0.25, 0.3) is 33.5 Å². The van der Waals surface area contributed by atoms with E-state index in [2.05, 4.69) is 26.6 Å². The number of carbonyl (C=O) groups is 2. The van der Waals surface area contributed by atoms with E-state index in [9.17, 15) is 18.4 Å². The number of aromatic nitrogens is 3. The van der Waals surface area contributed by atoms with Crippen molar-refractivity contribution in [3.63, 3.8) is 0 Å². The van der Waals surface area contributed by atoms with Crippen molar-refractivity contribution in [3.8, 4) is 17.3 Å². The lowest BCUT2D eigenvalue weighted by molar-refractivity contribution is -0.125. The van der Waals surface area contributed by atoms with E-state index < -0.39 is 23.8 Å². The molecule has 3 aliphatic carbocycles. The van der Waals surface area contributed by atoms with E-state index in [-0.39, 0.29) is 24.4 Å². The molecule has 1 saturated heterocycles. The van der Waals surface area contributed by atoms with E-state index in [1.807, 2.05) is 36.1 Å². The van der Waals surface area contributed by atoms with Crippen molar-refractivity contribution in [2.45, 2.75) is 82.5 Å². The number of halogens is 2. The Morgan fingerprint density at radius 1 is 1.13 bits per heavy atom. The van der Waals surface area contributed by atoms with Gasteiger partial charge in [0.05, 0.1) is 24.4 Å². The lowest BCUT2D eigenvalue weighted by Crippen LogP contribution is -2.45. The molecule has 3 atom stereocenters. The fourth-order valence-electron chi connectivity index (χ4n) is 7.10. The number of benzene rings is 2. The van der Waals surface area contributed by atoms with Gasteiger partial charge in [-0.15, -0.1) is 0 Å². The highest BCUT2D eigenvalue weighted by Crippen LogP contribution is 2.49. The number of nitrogens with two attached hydrogens (primary N) is 1. The van der Waals surface area contributed by atoms with Gasteiger partial charge in [-0.2, -0.15) is 0 Å². The molecule has 4 aromatic rings. The third kappa shape index (κ3) is 5.22. The van der Waals surface area contributed by atoms with Gasteiger partial charge in [-0.1, -0.05) is 12.1 Å². The highest BCUT2D eigenvalue weighted by atomic mass is 19.3. The molecule has 242 valence electrons. The molecule has 0 spiro atoms. The fourth-order valence-corrected chi connectivity index (χ4v) is 7.10. The largest absolute Gasteiger partial charge is 0.494 e. The number of likely N-dealkylation sites (tertiary alicyclic amines) is 1. The van der Waals surface area contributed by atoms with E-state index in [4.69, 9.17) is 15.5 Å². The summed E-state index contributed by atoms with van der Waals surface area (Å²) in [5.41, 5.74) is 11.2. The van der Waals surface area contributed by atoms with Gasteiger partial charge in [0.2, 0.25) is 5.91 Å². The molecule has 3 heterocycles. The number of hydrogen-bond donors (Lipinski definition) is 2. The average molecular weight is 631 g/mol. The molecule has 11 heteroatoms. The molecule has 1 aliphatic heterocycles. The highest BCUT2D eigenvalue weighted by Gasteiger charge is 2.61. The molecule has 1 unspecified atom stereocenters. The smallest absolute Gasteiger partial charge is 0.260 e. The number of nitrogens with one attached hydrogen (secondary N) is 1. The molecule has 0 bridgehead atoms. The summed E-state index contributed by atoms with van der Waals surface area (Å²) in [6.45, 7) is 3.90. The van der Waals surface area contributed by atoms with Gasteiger partial charge < -0.3 is 29.8 Å². The van der Waals surface area contributed by atoms with Crippen LogP contribution in [0.15, 0.2) is 36.4 Å². The van der Waals surface area contributed by atoms with Gasteiger partial charge in [0, 0.05) is 54.6 Å². The van der Waals surface area contributed by atoms with Gasteiger partial charge in [-0.05, 0) is 81.2 Å². The van der Waals surface area contributed by atoms with Crippen LogP contribution in [0.1, 0.15) is 79.9 Å². The Bertz CT molecular complexity index is 1870. The Labute approximate surface area is 266 Å². The molecule has 2 aromatic heterocycles. The minimum absolute atomic E-state index is 0.0138. The number of ether oxygens (including phenoxy) is 1. The molecule has 3 N–H and O–H groups in total. The van der Waals surface area contributed by atoms with Crippen LogP contribution in [0.5, 0.6) is 5.75 Å². The fraction of sp³-hybridized carbons (Fsp3) is 0.514. The van der Waals surface area contributed by atoms with Gasteiger partial charge in [0.15, 0.2) is 5.82 Å². The number of fused-ring (bicyclic) bond motifs is 2. The summed E-state index contributed by atoms with van der Waals surface area (Å²) in [7, 11) is 1.64. The highest BCUT2D eigenvalue weighted by molar-refractivity contribution is 6.00. The van der Waals surface area contributed by atoms with E-state index in [0.29, 0.717) is 30.3 Å². The lowest BCUT2D eigenvalue weighted by Gasteiger charge is -2.30. The Morgan fingerprint density at radius 3 is 2.59 bits per heavy atom. The Kier molecular flexibility index (Phi) is 6.90. The molecule has 8 rings (SSSR count). The maximum Gasteiger partial charge on any atom is 0.260 e. The Morgan fingerprint density at radius 2 is 1.91 bits per heavy atom. The molecule has 4 fully saturated rings. The normalized spacial score (nSPS) is 23.1. The van der Waals surface area contributed by atoms with Gasteiger partial charge in [0.1, 0.15) is 17.2 Å². The zero-order valence-electron chi connectivity index (χ0n) is 26.3. The topological polar surface area (TPSA) is 107 Å². The third-order valence-electron chi connectivity index (χ3n) is 10.2. The van der Waals surface area contributed by atoms with Crippen molar-refractivity contribution < 1.29 is 23.1 Å². The molecular formula is C35H40F2N6O3. The van der Waals surface area contributed by atoms with Crippen LogP contribution in [-0.2, 0) is 11.3 Å². The van der Waals surface area contributed by atoms with Crippen LogP contribution in [0.4, 0.5) is 8.78 Å². The van der Waals surface area contributed by atoms with Gasteiger partial charge >= 0.3 is 0 Å². The summed E-state index contributed by atoms with van der Waals surface area (Å²) in [5.74, 6) is -2.74. The summed E-state index contributed by atoms with van der Waals surface area (Å²) in [6, 6.07) is 11.8. The minimum atomic E-state index is -2.90.